The number of ether oxygens (including phenoxy) is 2. The number of para-hydroxylation sites is 2. The molecule has 0 aliphatic rings. The monoisotopic (exact) mass is 363 g/mol. The Labute approximate surface area is 158 Å². The molecule has 0 radical (unpaired) electrons. The maximum Gasteiger partial charge on any atom is 0.225 e. The van der Waals surface area contributed by atoms with Gasteiger partial charge in [-0.15, -0.1) is 0 Å². The average molecular weight is 364 g/mol. The Hall–Kier alpha value is -3.04. The third-order valence-electron chi connectivity index (χ3n) is 3.47. The quantitative estimate of drug-likeness (QED) is 0.297. The van der Waals surface area contributed by atoms with Gasteiger partial charge in [-0.25, -0.2) is 4.99 Å². The predicted octanol–water partition coefficient (Wildman–Crippen LogP) is 6.43. The van der Waals surface area contributed by atoms with E-state index in [0.717, 1.165) is 17.0 Å². The predicted molar refractivity (Wildman–Crippen MR) is 106 cm³/mol. The highest BCUT2D eigenvalue weighted by Gasteiger charge is 2.07. The lowest BCUT2D eigenvalue weighted by Gasteiger charge is -2.10. The lowest BCUT2D eigenvalue weighted by molar-refractivity contribution is 0.473. The minimum absolute atomic E-state index is 0.453. The Kier molecular flexibility index (Phi) is 6.07. The van der Waals surface area contributed by atoms with Crippen LogP contribution in [0.25, 0.3) is 0 Å². The summed E-state index contributed by atoms with van der Waals surface area (Å²) in [6, 6.07) is 26.3. The second-order valence-electron chi connectivity index (χ2n) is 5.54. The Morgan fingerprint density at radius 1 is 0.808 bits per heavy atom. The zero-order chi connectivity index (χ0) is 18.2. The Bertz CT molecular complexity index is 888. The maximum atomic E-state index is 5.97. The number of nitrogens with zero attached hydrogens (tertiary/aromatic N) is 1. The van der Waals surface area contributed by atoms with E-state index in [0.29, 0.717) is 16.7 Å². The minimum Gasteiger partial charge on any atom is -0.465 e. The molecule has 3 aromatic rings. The van der Waals surface area contributed by atoms with E-state index in [1.54, 1.807) is 18.4 Å². The average Bonchev–Trinajstić information content (AvgIpc) is 2.69. The smallest absolute Gasteiger partial charge is 0.225 e. The summed E-state index contributed by atoms with van der Waals surface area (Å²) in [4.78, 5) is 4.59. The molecule has 0 fully saturated rings. The zero-order valence-electron chi connectivity index (χ0n) is 14.3. The van der Waals surface area contributed by atoms with Crippen LogP contribution in [0, 0.1) is 0 Å². The summed E-state index contributed by atoms with van der Waals surface area (Å²) in [6.45, 7) is 1.89. The van der Waals surface area contributed by atoms with E-state index in [9.17, 15) is 0 Å². The molecule has 0 aliphatic carbocycles. The van der Waals surface area contributed by atoms with Gasteiger partial charge in [0.15, 0.2) is 0 Å². The van der Waals surface area contributed by atoms with Crippen molar-refractivity contribution in [1.82, 2.24) is 0 Å². The van der Waals surface area contributed by atoms with Gasteiger partial charge in [0, 0.05) is 10.6 Å². The number of halogens is 1. The number of rotatable bonds is 5. The van der Waals surface area contributed by atoms with Crippen LogP contribution in [0.4, 0.5) is 5.69 Å². The second-order valence-corrected chi connectivity index (χ2v) is 5.98. The third-order valence-corrected chi connectivity index (χ3v) is 3.72. The molecule has 0 atom stereocenters. The molecule has 0 bridgehead atoms. The van der Waals surface area contributed by atoms with Crippen molar-refractivity contribution in [1.29, 1.82) is 0 Å². The van der Waals surface area contributed by atoms with Crippen molar-refractivity contribution in [3.05, 3.63) is 102 Å². The van der Waals surface area contributed by atoms with Crippen LogP contribution < -0.4 is 9.47 Å². The van der Waals surface area contributed by atoms with Gasteiger partial charge in [0.1, 0.15) is 11.5 Å². The normalized spacial score (nSPS) is 11.9. The fourth-order valence-electron chi connectivity index (χ4n) is 2.13. The van der Waals surface area contributed by atoms with Crippen molar-refractivity contribution in [3.63, 3.8) is 0 Å². The van der Waals surface area contributed by atoms with Gasteiger partial charge < -0.3 is 9.47 Å². The molecule has 0 heterocycles. The van der Waals surface area contributed by atoms with Crippen LogP contribution in [-0.4, -0.2) is 5.90 Å². The molecule has 0 spiro atoms. The van der Waals surface area contributed by atoms with Crippen molar-refractivity contribution < 1.29 is 9.47 Å². The molecule has 0 amide bonds. The minimum atomic E-state index is 0.453. The van der Waals surface area contributed by atoms with Gasteiger partial charge in [-0.2, -0.15) is 0 Å². The van der Waals surface area contributed by atoms with Gasteiger partial charge in [-0.05, 0) is 55.5 Å². The van der Waals surface area contributed by atoms with Crippen LogP contribution in [0.2, 0.25) is 5.02 Å². The molecule has 3 rings (SSSR count). The third kappa shape index (κ3) is 5.23. The van der Waals surface area contributed by atoms with Crippen LogP contribution >= 0.6 is 11.6 Å². The van der Waals surface area contributed by atoms with Gasteiger partial charge in [-0.1, -0.05) is 48.0 Å². The van der Waals surface area contributed by atoms with E-state index >= 15 is 0 Å². The van der Waals surface area contributed by atoms with Gasteiger partial charge in [0.25, 0.3) is 0 Å². The highest BCUT2D eigenvalue weighted by atomic mass is 35.5. The van der Waals surface area contributed by atoms with Gasteiger partial charge >= 0.3 is 0 Å². The van der Waals surface area contributed by atoms with E-state index in [1.165, 1.54) is 0 Å². The van der Waals surface area contributed by atoms with Gasteiger partial charge in [-0.3, -0.25) is 0 Å². The maximum absolute atomic E-state index is 5.97. The zero-order valence-corrected chi connectivity index (χ0v) is 15.1. The molecule has 0 aliphatic heterocycles. The standard InChI is InChI=1S/C22H18ClNO2/c1-17(16-25-20-8-4-2-5-9-20)22(26-21-10-6-3-7-11-21)24-19-14-12-18(23)13-15-19/h2-16H,1H3/b17-16+,24-22?. The molecule has 3 nitrogen and oxygen atoms in total. The summed E-state index contributed by atoms with van der Waals surface area (Å²) in [5, 5.41) is 0.661. The summed E-state index contributed by atoms with van der Waals surface area (Å²) < 4.78 is 11.7. The first-order valence-corrected chi connectivity index (χ1v) is 8.54. The second kappa shape index (κ2) is 8.88. The van der Waals surface area contributed by atoms with Crippen LogP contribution in [0.3, 0.4) is 0 Å². The molecular formula is C22H18ClNO2. The summed E-state index contributed by atoms with van der Waals surface area (Å²) in [5.74, 6) is 1.90. The largest absolute Gasteiger partial charge is 0.465 e. The van der Waals surface area contributed by atoms with Crippen molar-refractivity contribution in [2.45, 2.75) is 6.92 Å². The van der Waals surface area contributed by atoms with E-state index in [2.05, 4.69) is 4.99 Å². The number of benzene rings is 3. The number of hydrogen-bond acceptors (Lipinski definition) is 3. The Morgan fingerprint density at radius 2 is 1.38 bits per heavy atom. The molecule has 0 aromatic heterocycles. The van der Waals surface area contributed by atoms with Crippen molar-refractivity contribution >= 4 is 23.2 Å². The first kappa shape index (κ1) is 17.8. The van der Waals surface area contributed by atoms with Crippen molar-refractivity contribution in [2.24, 2.45) is 4.99 Å². The van der Waals surface area contributed by atoms with Crippen molar-refractivity contribution in [3.8, 4) is 11.5 Å². The lowest BCUT2D eigenvalue weighted by Crippen LogP contribution is -2.10. The number of hydrogen-bond donors (Lipinski definition) is 0. The molecule has 0 N–H and O–H groups in total. The first-order chi connectivity index (χ1) is 12.7. The summed E-state index contributed by atoms with van der Waals surface area (Å²) >= 11 is 5.95. The fraction of sp³-hybridized carbons (Fsp3) is 0.0455. The van der Waals surface area contributed by atoms with Crippen LogP contribution in [0.15, 0.2) is 102 Å². The lowest BCUT2D eigenvalue weighted by atomic mass is 10.3. The molecule has 3 aromatic carbocycles. The topological polar surface area (TPSA) is 30.8 Å². The Balaban J connectivity index is 1.87. The molecule has 0 unspecified atom stereocenters. The molecule has 0 saturated heterocycles. The van der Waals surface area contributed by atoms with Crippen molar-refractivity contribution in [2.75, 3.05) is 0 Å². The fourth-order valence-corrected chi connectivity index (χ4v) is 2.26. The molecule has 4 heteroatoms. The number of aliphatic imine (C=N–C) groups is 1. The molecule has 26 heavy (non-hydrogen) atoms. The van der Waals surface area contributed by atoms with Crippen LogP contribution in [0.5, 0.6) is 11.5 Å². The highest BCUT2D eigenvalue weighted by Crippen LogP contribution is 2.20. The van der Waals surface area contributed by atoms with Gasteiger partial charge in [0.2, 0.25) is 5.90 Å². The van der Waals surface area contributed by atoms with E-state index in [-0.39, 0.29) is 0 Å². The van der Waals surface area contributed by atoms with E-state index in [1.807, 2.05) is 79.7 Å². The highest BCUT2D eigenvalue weighted by molar-refractivity contribution is 6.30. The van der Waals surface area contributed by atoms with Crippen LogP contribution in [-0.2, 0) is 0 Å². The SMILES string of the molecule is C/C(=C\Oc1ccccc1)C(=Nc1ccc(Cl)cc1)Oc1ccccc1. The Morgan fingerprint density at radius 3 is 2.00 bits per heavy atom. The first-order valence-electron chi connectivity index (χ1n) is 8.17. The summed E-state index contributed by atoms with van der Waals surface area (Å²) in [6.07, 6.45) is 1.63. The molecular weight excluding hydrogens is 346 g/mol. The van der Waals surface area contributed by atoms with Crippen LogP contribution in [0.1, 0.15) is 6.92 Å². The van der Waals surface area contributed by atoms with E-state index in [4.69, 9.17) is 21.1 Å². The summed E-state index contributed by atoms with van der Waals surface area (Å²) in [7, 11) is 0. The molecule has 0 saturated carbocycles. The summed E-state index contributed by atoms with van der Waals surface area (Å²) in [5.41, 5.74) is 1.50. The van der Waals surface area contributed by atoms with Gasteiger partial charge in [0.05, 0.1) is 11.9 Å². The van der Waals surface area contributed by atoms with E-state index < -0.39 is 0 Å². The molecule has 130 valence electrons.